The van der Waals surface area contributed by atoms with Crippen LogP contribution >= 0.6 is 0 Å². The van der Waals surface area contributed by atoms with Gasteiger partial charge in [-0.1, -0.05) is 91.0 Å². The maximum absolute atomic E-state index is 12.4. The van der Waals surface area contributed by atoms with Gasteiger partial charge in [-0.05, 0) is 114 Å². The molecule has 9 aromatic carbocycles. The van der Waals surface area contributed by atoms with Crippen LogP contribution in [0.5, 0.6) is 34.5 Å². The van der Waals surface area contributed by atoms with Gasteiger partial charge >= 0.3 is 0 Å². The Bertz CT molecular complexity index is 3510. The van der Waals surface area contributed by atoms with E-state index >= 15 is 0 Å². The van der Waals surface area contributed by atoms with Crippen LogP contribution in [0.25, 0.3) is 93.5 Å². The minimum atomic E-state index is -1.12. The fourth-order valence-electron chi connectivity index (χ4n) is 9.34. The van der Waals surface area contributed by atoms with Crippen LogP contribution in [0.1, 0.15) is 5.82 Å². The van der Waals surface area contributed by atoms with Gasteiger partial charge in [-0.2, -0.15) is 0 Å². The standard InChI is InChI=1S/C51H42B6N2O7/c52-41-42(53)44(61)38-36(31-21-29(24-9-3-1-4-10-24)20-30(22-31)25-11-5-2-6-12-25)40-39(45(62)47(64)48(65)46(40)63)35(37(38)43(41)60)28-16-15-27-23-32(18-17-26(27)19-28)59-34-14-8-7-13-33(34)58-49(59)50(54,55)51(56,57)66/h1-23,60-66H,52-57H2. The van der Waals surface area contributed by atoms with Crippen molar-refractivity contribution in [2.24, 2.45) is 0 Å². The van der Waals surface area contributed by atoms with Crippen LogP contribution < -0.4 is 10.9 Å². The highest BCUT2D eigenvalue weighted by Crippen LogP contribution is 2.59. The minimum absolute atomic E-state index is 0.0446. The molecule has 1 heterocycles. The minimum Gasteiger partial charge on any atom is -0.508 e. The first-order chi connectivity index (χ1) is 31.5. The maximum atomic E-state index is 12.4. The molecule has 0 atom stereocenters. The van der Waals surface area contributed by atoms with Crippen LogP contribution in [0.3, 0.4) is 0 Å². The number of aromatic nitrogens is 2. The summed E-state index contributed by atoms with van der Waals surface area (Å²) in [6.07, 6.45) is 0. The van der Waals surface area contributed by atoms with E-state index in [9.17, 15) is 35.7 Å². The lowest BCUT2D eigenvalue weighted by molar-refractivity contribution is 0.189. The van der Waals surface area contributed by atoms with Crippen LogP contribution in [0.4, 0.5) is 0 Å². The van der Waals surface area contributed by atoms with Gasteiger partial charge in [0.1, 0.15) is 64.4 Å². The number of benzene rings is 9. The molecule has 0 spiro atoms. The number of imidazole rings is 1. The number of phenols is 6. The third-order valence-corrected chi connectivity index (χ3v) is 13.8. The van der Waals surface area contributed by atoms with Crippen LogP contribution in [-0.2, 0) is 5.21 Å². The van der Waals surface area contributed by atoms with Gasteiger partial charge in [0.25, 0.3) is 0 Å². The number of nitrogens with zero attached hydrogens (tertiary/aromatic N) is 2. The van der Waals surface area contributed by atoms with Crippen molar-refractivity contribution in [3.8, 4) is 84.7 Å². The monoisotopic (exact) mass is 860 g/mol. The summed E-state index contributed by atoms with van der Waals surface area (Å²) < 4.78 is 2.07. The van der Waals surface area contributed by atoms with E-state index in [-0.39, 0.29) is 44.2 Å². The number of para-hydroxylation sites is 2. The predicted octanol–water partition coefficient (Wildman–Crippen LogP) is 3.23. The van der Waals surface area contributed by atoms with Gasteiger partial charge < -0.3 is 35.7 Å². The Morgan fingerprint density at radius 3 is 1.42 bits per heavy atom. The molecular formula is C51H42B6N2O7. The maximum Gasteiger partial charge on any atom is 0.204 e. The first-order valence-corrected chi connectivity index (χ1v) is 21.8. The normalized spacial score (nSPS) is 12.1. The van der Waals surface area contributed by atoms with E-state index in [1.807, 2.05) is 155 Å². The molecule has 0 unspecified atom stereocenters. The Hall–Kier alpha value is -7.62. The quantitative estimate of drug-likeness (QED) is 0.0558. The topological polar surface area (TPSA) is 159 Å². The molecule has 0 fully saturated rings. The smallest absolute Gasteiger partial charge is 0.204 e. The van der Waals surface area contributed by atoms with Crippen LogP contribution in [0.2, 0.25) is 0 Å². The van der Waals surface area contributed by atoms with Crippen LogP contribution in [-0.4, -0.2) is 97.8 Å². The third kappa shape index (κ3) is 6.40. The molecular weight excluding hydrogens is 817 g/mol. The van der Waals surface area contributed by atoms with E-state index in [4.69, 9.17) is 4.98 Å². The lowest BCUT2D eigenvalue weighted by atomic mass is 9.35. The average Bonchev–Trinajstić information content (AvgIpc) is 3.73. The molecule has 15 heteroatoms. The Balaban J connectivity index is 1.29. The Labute approximate surface area is 385 Å². The molecule has 0 bridgehead atoms. The first kappa shape index (κ1) is 42.3. The molecule has 0 saturated heterocycles. The molecule has 7 N–H and O–H groups in total. The summed E-state index contributed by atoms with van der Waals surface area (Å²) in [6, 6.07) is 44.8. The van der Waals surface area contributed by atoms with Crippen molar-refractivity contribution in [2.45, 2.75) is 10.6 Å². The highest BCUT2D eigenvalue weighted by molar-refractivity contribution is 6.54. The Morgan fingerprint density at radius 2 is 0.879 bits per heavy atom. The molecule has 0 aliphatic rings. The summed E-state index contributed by atoms with van der Waals surface area (Å²) in [7, 11) is 10.9. The average molecular weight is 860 g/mol. The summed E-state index contributed by atoms with van der Waals surface area (Å²) in [4.78, 5) is 5.02. The van der Waals surface area contributed by atoms with E-state index in [2.05, 4.69) is 4.57 Å². The van der Waals surface area contributed by atoms with Gasteiger partial charge in [-0.3, -0.25) is 4.57 Å². The van der Waals surface area contributed by atoms with Crippen molar-refractivity contribution in [1.29, 1.82) is 0 Å². The van der Waals surface area contributed by atoms with Crippen molar-refractivity contribution < 1.29 is 35.7 Å². The van der Waals surface area contributed by atoms with Gasteiger partial charge in [0.15, 0.2) is 11.5 Å². The van der Waals surface area contributed by atoms with E-state index in [1.165, 1.54) is 0 Å². The van der Waals surface area contributed by atoms with Crippen molar-refractivity contribution in [2.75, 3.05) is 0 Å². The van der Waals surface area contributed by atoms with Gasteiger partial charge in [0.05, 0.1) is 11.0 Å². The summed E-state index contributed by atoms with van der Waals surface area (Å²) in [5, 5.41) is 82.9. The van der Waals surface area contributed by atoms with Gasteiger partial charge in [0.2, 0.25) is 11.5 Å². The fourth-order valence-corrected chi connectivity index (χ4v) is 9.34. The molecule has 10 aromatic rings. The zero-order chi connectivity index (χ0) is 46.6. The van der Waals surface area contributed by atoms with Crippen molar-refractivity contribution in [3.63, 3.8) is 0 Å². The zero-order valence-corrected chi connectivity index (χ0v) is 37.3. The van der Waals surface area contributed by atoms with E-state index in [1.54, 1.807) is 31.4 Å². The van der Waals surface area contributed by atoms with Crippen molar-refractivity contribution >= 4 is 101 Å². The van der Waals surface area contributed by atoms with E-state index < -0.39 is 33.6 Å². The second-order valence-electron chi connectivity index (χ2n) is 18.3. The predicted molar refractivity (Wildman–Crippen MR) is 282 cm³/mol. The molecule has 0 amide bonds. The lowest BCUT2D eigenvalue weighted by Crippen LogP contribution is -2.55. The molecule has 0 radical (unpaired) electrons. The van der Waals surface area contributed by atoms with Gasteiger partial charge in [-0.15, -0.1) is 0 Å². The highest BCUT2D eigenvalue weighted by atomic mass is 16.3. The Morgan fingerprint density at radius 1 is 0.424 bits per heavy atom. The van der Waals surface area contributed by atoms with Gasteiger partial charge in [-0.25, -0.2) is 4.98 Å². The summed E-state index contributed by atoms with van der Waals surface area (Å²) in [5.74, 6) is -2.96. The third-order valence-electron chi connectivity index (χ3n) is 13.8. The lowest BCUT2D eigenvalue weighted by Gasteiger charge is -2.38. The summed E-state index contributed by atoms with van der Waals surface area (Å²) >= 11 is 0. The number of rotatable bonds is 7. The summed E-state index contributed by atoms with van der Waals surface area (Å²) in [5.41, 5.74) is 8.10. The Kier molecular flexibility index (Phi) is 9.78. The fraction of sp³-hybridized carbons (Fsp3) is 0.0392. The SMILES string of the molecule is Bc1c(B)c(O)c2c(-c3ccc4cc(-n5c(C(B)(B)C(B)(B)O)nc6ccccc65)ccc4c3)c3c(O)c(O)c(O)c(O)c3c(-c3cc(-c4ccccc4)cc(-c4ccccc4)c3)c2c1O. The largest absolute Gasteiger partial charge is 0.508 e. The molecule has 66 heavy (non-hydrogen) atoms. The zero-order valence-electron chi connectivity index (χ0n) is 37.3. The second kappa shape index (κ2) is 15.2. The number of fused-ring (bicyclic) bond motifs is 4. The van der Waals surface area contributed by atoms with Crippen LogP contribution in [0.15, 0.2) is 140 Å². The second-order valence-corrected chi connectivity index (χ2v) is 18.3. The molecule has 9 nitrogen and oxygen atoms in total. The van der Waals surface area contributed by atoms with E-state index in [0.717, 1.165) is 49.7 Å². The van der Waals surface area contributed by atoms with Gasteiger partial charge in [0, 0.05) is 38.4 Å². The number of phenolic OH excluding ortho intramolecular Hbond substituents is 6. The number of hydrogen-bond donors (Lipinski definition) is 7. The molecule has 0 aliphatic heterocycles. The number of hydrogen-bond acceptors (Lipinski definition) is 8. The molecule has 0 aliphatic carbocycles. The molecule has 10 rings (SSSR count). The van der Waals surface area contributed by atoms with E-state index in [0.29, 0.717) is 27.9 Å². The molecule has 316 valence electrons. The van der Waals surface area contributed by atoms with Crippen LogP contribution in [0, 0.1) is 0 Å². The van der Waals surface area contributed by atoms with Crippen molar-refractivity contribution in [3.05, 3.63) is 145 Å². The molecule has 0 saturated carbocycles. The molecule has 1 aromatic heterocycles. The number of aromatic hydroxyl groups is 6. The highest BCUT2D eigenvalue weighted by Gasteiger charge is 2.40. The summed E-state index contributed by atoms with van der Waals surface area (Å²) in [6.45, 7) is 0. The number of aliphatic hydroxyl groups is 1. The first-order valence-electron chi connectivity index (χ1n) is 21.8. The van der Waals surface area contributed by atoms with Crippen molar-refractivity contribution in [1.82, 2.24) is 9.55 Å².